The maximum Gasteiger partial charge on any atom is 0.0182 e. The quantitative estimate of drug-likeness (QED) is 0.760. The standard InChI is InChI=1S/C12H21NS/c1-2-14-12-6-9-3-10(7-12)5-11(13,4-9)8-12/h9-10H,2-8,13H2,1H3. The summed E-state index contributed by atoms with van der Waals surface area (Å²) < 4.78 is 0.605. The molecule has 2 atom stereocenters. The molecule has 2 heteroatoms. The Morgan fingerprint density at radius 2 is 1.86 bits per heavy atom. The summed E-state index contributed by atoms with van der Waals surface area (Å²) in [6, 6.07) is 0. The molecule has 0 spiro atoms. The van der Waals surface area contributed by atoms with Crippen molar-refractivity contribution in [1.82, 2.24) is 0 Å². The lowest BCUT2D eigenvalue weighted by Crippen LogP contribution is -2.61. The molecule has 4 rings (SSSR count). The van der Waals surface area contributed by atoms with E-state index in [1.165, 1.54) is 44.3 Å². The van der Waals surface area contributed by atoms with E-state index in [-0.39, 0.29) is 5.54 Å². The van der Waals surface area contributed by atoms with Crippen molar-refractivity contribution in [1.29, 1.82) is 0 Å². The molecule has 0 aromatic carbocycles. The van der Waals surface area contributed by atoms with Crippen LogP contribution in [0.4, 0.5) is 0 Å². The number of nitrogens with two attached hydrogens (primary N) is 1. The Morgan fingerprint density at radius 3 is 2.36 bits per heavy atom. The van der Waals surface area contributed by atoms with Gasteiger partial charge in [0.2, 0.25) is 0 Å². The van der Waals surface area contributed by atoms with Gasteiger partial charge in [0.1, 0.15) is 0 Å². The third-order valence-electron chi connectivity index (χ3n) is 4.50. The zero-order chi connectivity index (χ0) is 9.81. The van der Waals surface area contributed by atoms with Gasteiger partial charge in [-0.3, -0.25) is 0 Å². The maximum atomic E-state index is 6.52. The highest BCUT2D eigenvalue weighted by molar-refractivity contribution is 8.00. The van der Waals surface area contributed by atoms with Crippen LogP contribution in [-0.2, 0) is 0 Å². The SMILES string of the molecule is CCSC12CC3CC(CC(N)(C3)C1)C2. The number of thioether (sulfide) groups is 1. The Labute approximate surface area is 91.2 Å². The molecule has 1 nitrogen and oxygen atoms in total. The molecule has 2 unspecified atom stereocenters. The molecule has 0 aliphatic heterocycles. The second kappa shape index (κ2) is 2.91. The predicted molar refractivity (Wildman–Crippen MR) is 62.5 cm³/mol. The summed E-state index contributed by atoms with van der Waals surface area (Å²) in [7, 11) is 0. The molecule has 0 aromatic rings. The first-order valence-corrected chi connectivity index (χ1v) is 7.04. The largest absolute Gasteiger partial charge is 0.325 e. The van der Waals surface area contributed by atoms with Gasteiger partial charge in [0.25, 0.3) is 0 Å². The van der Waals surface area contributed by atoms with Crippen molar-refractivity contribution in [2.45, 2.75) is 55.7 Å². The fourth-order valence-electron chi connectivity index (χ4n) is 4.72. The third-order valence-corrected chi connectivity index (χ3v) is 5.88. The monoisotopic (exact) mass is 211 g/mol. The van der Waals surface area contributed by atoms with Gasteiger partial charge in [-0.05, 0) is 56.1 Å². The van der Waals surface area contributed by atoms with Crippen LogP contribution in [0, 0.1) is 11.8 Å². The van der Waals surface area contributed by atoms with Gasteiger partial charge in [-0.1, -0.05) is 6.92 Å². The van der Waals surface area contributed by atoms with E-state index in [0.717, 1.165) is 11.8 Å². The van der Waals surface area contributed by atoms with Crippen LogP contribution in [0.15, 0.2) is 0 Å². The molecule has 0 saturated heterocycles. The fraction of sp³-hybridized carbons (Fsp3) is 1.00. The lowest BCUT2D eigenvalue weighted by molar-refractivity contribution is 0.0177. The maximum absolute atomic E-state index is 6.52. The second-order valence-corrected chi connectivity index (χ2v) is 7.67. The van der Waals surface area contributed by atoms with Crippen LogP contribution >= 0.6 is 11.8 Å². The van der Waals surface area contributed by atoms with E-state index in [1.54, 1.807) is 0 Å². The Hall–Kier alpha value is 0.310. The number of rotatable bonds is 2. The van der Waals surface area contributed by atoms with E-state index >= 15 is 0 Å². The lowest BCUT2D eigenvalue weighted by Gasteiger charge is -2.60. The molecule has 4 aliphatic carbocycles. The van der Waals surface area contributed by atoms with Gasteiger partial charge in [-0.2, -0.15) is 11.8 Å². The van der Waals surface area contributed by atoms with Crippen LogP contribution in [0.3, 0.4) is 0 Å². The molecule has 4 saturated carbocycles. The van der Waals surface area contributed by atoms with Crippen LogP contribution in [-0.4, -0.2) is 16.0 Å². The normalized spacial score (nSPS) is 55.3. The highest BCUT2D eigenvalue weighted by atomic mass is 32.2. The van der Waals surface area contributed by atoms with Crippen LogP contribution in [0.2, 0.25) is 0 Å². The first-order chi connectivity index (χ1) is 6.63. The van der Waals surface area contributed by atoms with Crippen molar-refractivity contribution in [3.63, 3.8) is 0 Å². The van der Waals surface area contributed by atoms with Crippen molar-refractivity contribution < 1.29 is 0 Å². The van der Waals surface area contributed by atoms with Crippen molar-refractivity contribution in [2.24, 2.45) is 17.6 Å². The van der Waals surface area contributed by atoms with Crippen LogP contribution in [0.1, 0.15) is 45.4 Å². The molecule has 2 N–H and O–H groups in total. The summed E-state index contributed by atoms with van der Waals surface area (Å²) in [5.41, 5.74) is 6.77. The van der Waals surface area contributed by atoms with Gasteiger partial charge in [-0.25, -0.2) is 0 Å². The van der Waals surface area contributed by atoms with E-state index in [0.29, 0.717) is 4.75 Å². The molecule has 0 radical (unpaired) electrons. The fourth-order valence-corrected chi connectivity index (χ4v) is 6.43. The Kier molecular flexibility index (Phi) is 1.98. The Morgan fingerprint density at radius 1 is 1.21 bits per heavy atom. The minimum absolute atomic E-state index is 0.242. The molecule has 0 amide bonds. The Balaban J connectivity index is 1.89. The molecular weight excluding hydrogens is 190 g/mol. The molecule has 4 fully saturated rings. The highest BCUT2D eigenvalue weighted by Crippen LogP contribution is 2.61. The smallest absolute Gasteiger partial charge is 0.0182 e. The lowest BCUT2D eigenvalue weighted by atomic mass is 9.53. The van der Waals surface area contributed by atoms with Crippen molar-refractivity contribution in [3.05, 3.63) is 0 Å². The molecular formula is C12H21NS. The van der Waals surface area contributed by atoms with Gasteiger partial charge >= 0.3 is 0 Å². The molecule has 0 heterocycles. The average molecular weight is 211 g/mol. The molecule has 4 aliphatic rings. The first kappa shape index (κ1) is 9.53. The topological polar surface area (TPSA) is 26.0 Å². The first-order valence-electron chi connectivity index (χ1n) is 6.06. The molecule has 80 valence electrons. The van der Waals surface area contributed by atoms with Gasteiger partial charge < -0.3 is 5.73 Å². The van der Waals surface area contributed by atoms with Gasteiger partial charge in [0.05, 0.1) is 0 Å². The second-order valence-electron chi connectivity index (χ2n) is 5.94. The van der Waals surface area contributed by atoms with Crippen LogP contribution < -0.4 is 5.73 Å². The average Bonchev–Trinajstić information content (AvgIpc) is 1.97. The number of hydrogen-bond donors (Lipinski definition) is 1. The third kappa shape index (κ3) is 1.34. The van der Waals surface area contributed by atoms with E-state index < -0.39 is 0 Å². The van der Waals surface area contributed by atoms with Gasteiger partial charge in [0.15, 0.2) is 0 Å². The van der Waals surface area contributed by atoms with Crippen LogP contribution in [0.25, 0.3) is 0 Å². The highest BCUT2D eigenvalue weighted by Gasteiger charge is 2.56. The summed E-state index contributed by atoms with van der Waals surface area (Å²) in [6.45, 7) is 2.30. The Bertz CT molecular complexity index is 237. The molecule has 14 heavy (non-hydrogen) atoms. The predicted octanol–water partition coefficient (Wildman–Crippen LogP) is 2.79. The summed E-state index contributed by atoms with van der Waals surface area (Å²) in [4.78, 5) is 0. The van der Waals surface area contributed by atoms with E-state index in [4.69, 9.17) is 5.73 Å². The van der Waals surface area contributed by atoms with E-state index in [1.807, 2.05) is 0 Å². The molecule has 4 bridgehead atoms. The van der Waals surface area contributed by atoms with Gasteiger partial charge in [0, 0.05) is 10.3 Å². The summed E-state index contributed by atoms with van der Waals surface area (Å²) >= 11 is 2.21. The van der Waals surface area contributed by atoms with E-state index in [2.05, 4.69) is 18.7 Å². The van der Waals surface area contributed by atoms with Crippen molar-refractivity contribution >= 4 is 11.8 Å². The summed E-state index contributed by atoms with van der Waals surface area (Å²) in [5, 5.41) is 0. The van der Waals surface area contributed by atoms with E-state index in [9.17, 15) is 0 Å². The minimum atomic E-state index is 0.242. The number of hydrogen-bond acceptors (Lipinski definition) is 2. The molecule has 0 aromatic heterocycles. The van der Waals surface area contributed by atoms with Gasteiger partial charge in [-0.15, -0.1) is 0 Å². The zero-order valence-corrected chi connectivity index (χ0v) is 9.91. The summed E-state index contributed by atoms with van der Waals surface area (Å²) in [6.07, 6.45) is 8.41. The van der Waals surface area contributed by atoms with Crippen molar-refractivity contribution in [2.75, 3.05) is 5.75 Å². The summed E-state index contributed by atoms with van der Waals surface area (Å²) in [5.74, 6) is 3.22. The van der Waals surface area contributed by atoms with Crippen molar-refractivity contribution in [3.8, 4) is 0 Å². The minimum Gasteiger partial charge on any atom is -0.325 e. The van der Waals surface area contributed by atoms with Crippen LogP contribution in [0.5, 0.6) is 0 Å². The zero-order valence-electron chi connectivity index (χ0n) is 9.09.